The van der Waals surface area contributed by atoms with Gasteiger partial charge in [0.15, 0.2) is 5.82 Å². The summed E-state index contributed by atoms with van der Waals surface area (Å²) in [5.41, 5.74) is 4.40. The average Bonchev–Trinajstić information content (AvgIpc) is 3.14. The van der Waals surface area contributed by atoms with E-state index in [9.17, 15) is 0 Å². The van der Waals surface area contributed by atoms with Crippen LogP contribution >= 0.6 is 0 Å². The molecule has 1 fully saturated rings. The lowest BCUT2D eigenvalue weighted by molar-refractivity contribution is 0.364. The average molecular weight is 400 g/mol. The van der Waals surface area contributed by atoms with Crippen molar-refractivity contribution < 1.29 is 0 Å². The lowest BCUT2D eigenvalue weighted by Crippen LogP contribution is -2.29. The van der Waals surface area contributed by atoms with Gasteiger partial charge in [-0.25, -0.2) is 4.98 Å². The molecule has 2 aromatic carbocycles. The van der Waals surface area contributed by atoms with Gasteiger partial charge in [0, 0.05) is 28.7 Å². The maximum atomic E-state index is 5.09. The second kappa shape index (κ2) is 8.44. The number of hydrogen-bond donors (Lipinski definition) is 2. The smallest absolute Gasteiger partial charge is 0.159 e. The fourth-order valence-corrected chi connectivity index (χ4v) is 4.61. The van der Waals surface area contributed by atoms with Crippen molar-refractivity contribution in [2.75, 3.05) is 18.4 Å². The highest BCUT2D eigenvalue weighted by Gasteiger charge is 2.22. The van der Waals surface area contributed by atoms with Gasteiger partial charge in [-0.05, 0) is 62.9 Å². The third kappa shape index (κ3) is 3.65. The lowest BCUT2D eigenvalue weighted by Gasteiger charge is -2.23. The lowest BCUT2D eigenvalue weighted by atomic mass is 9.91. The number of piperidine rings is 1. The van der Waals surface area contributed by atoms with Crippen LogP contribution in [0.15, 0.2) is 54.6 Å². The Morgan fingerprint density at radius 3 is 2.60 bits per heavy atom. The van der Waals surface area contributed by atoms with E-state index in [1.165, 1.54) is 29.3 Å². The summed E-state index contributed by atoms with van der Waals surface area (Å²) in [4.78, 5) is 4.96. The molecule has 0 amide bonds. The monoisotopic (exact) mass is 399 g/mol. The van der Waals surface area contributed by atoms with Crippen LogP contribution in [0.5, 0.6) is 0 Å². The van der Waals surface area contributed by atoms with Gasteiger partial charge in [0.1, 0.15) is 5.52 Å². The fourth-order valence-electron chi connectivity index (χ4n) is 4.61. The first-order chi connectivity index (χ1) is 14.8. The zero-order chi connectivity index (χ0) is 20.3. The van der Waals surface area contributed by atoms with Crippen LogP contribution in [0.2, 0.25) is 0 Å². The van der Waals surface area contributed by atoms with Gasteiger partial charge in [-0.15, -0.1) is 0 Å². The molecule has 5 nitrogen and oxygen atoms in total. The minimum absolute atomic E-state index is 0.708. The van der Waals surface area contributed by atoms with E-state index in [1.807, 2.05) is 18.2 Å². The van der Waals surface area contributed by atoms with Crippen molar-refractivity contribution in [1.82, 2.24) is 20.1 Å². The van der Waals surface area contributed by atoms with E-state index in [2.05, 4.69) is 58.6 Å². The summed E-state index contributed by atoms with van der Waals surface area (Å²) in [5.74, 6) is 1.55. The molecule has 0 bridgehead atoms. The van der Waals surface area contributed by atoms with Gasteiger partial charge in [0.2, 0.25) is 0 Å². The molecule has 2 aromatic heterocycles. The van der Waals surface area contributed by atoms with Crippen molar-refractivity contribution in [2.45, 2.75) is 39.2 Å². The molecule has 1 aliphatic heterocycles. The topological polar surface area (TPSA) is 54.8 Å². The zero-order valence-electron chi connectivity index (χ0n) is 17.6. The number of aryl methyl sites for hydroxylation is 1. The van der Waals surface area contributed by atoms with Gasteiger partial charge >= 0.3 is 0 Å². The third-order valence-electron chi connectivity index (χ3n) is 6.10. The molecule has 2 N–H and O–H groups in total. The standard InChI is InChI=1S/C25H29N5/c1-2-16-30-22(17-18-12-14-26-15-13-18)23-20-10-6-7-11-21(20)28-25(24(23)29-30)27-19-8-4-3-5-9-19/h3-11,18,26H,2,12-17H2,1H3,(H,27,28). The maximum Gasteiger partial charge on any atom is 0.159 e. The molecule has 0 saturated carbocycles. The quantitative estimate of drug-likeness (QED) is 0.463. The maximum absolute atomic E-state index is 5.09. The molecule has 5 rings (SSSR count). The molecule has 1 aliphatic rings. The van der Waals surface area contributed by atoms with Gasteiger partial charge in [0.25, 0.3) is 0 Å². The summed E-state index contributed by atoms with van der Waals surface area (Å²) in [6.07, 6.45) is 4.62. The Labute approximate surface area is 177 Å². The number of benzene rings is 2. The first-order valence-corrected chi connectivity index (χ1v) is 11.1. The van der Waals surface area contributed by atoms with Gasteiger partial charge in [-0.2, -0.15) is 5.10 Å². The first-order valence-electron chi connectivity index (χ1n) is 11.1. The van der Waals surface area contributed by atoms with Gasteiger partial charge in [-0.3, -0.25) is 4.68 Å². The Balaban J connectivity index is 1.69. The first kappa shape index (κ1) is 19.1. The minimum atomic E-state index is 0.708. The van der Waals surface area contributed by atoms with Crippen LogP contribution in [-0.4, -0.2) is 27.9 Å². The number of nitrogens with one attached hydrogen (secondary N) is 2. The van der Waals surface area contributed by atoms with Gasteiger partial charge in [0.05, 0.1) is 5.52 Å². The van der Waals surface area contributed by atoms with Crippen molar-refractivity contribution in [1.29, 1.82) is 0 Å². The summed E-state index contributed by atoms with van der Waals surface area (Å²) < 4.78 is 2.25. The van der Waals surface area contributed by atoms with Crippen LogP contribution in [0.25, 0.3) is 21.8 Å². The molecule has 154 valence electrons. The number of aromatic nitrogens is 3. The Hall–Kier alpha value is -2.92. The van der Waals surface area contributed by atoms with E-state index < -0.39 is 0 Å². The molecule has 0 radical (unpaired) electrons. The van der Waals surface area contributed by atoms with E-state index >= 15 is 0 Å². The largest absolute Gasteiger partial charge is 0.338 e. The number of anilines is 2. The molecule has 0 unspecified atom stereocenters. The number of rotatable bonds is 6. The van der Waals surface area contributed by atoms with Gasteiger partial charge in [-0.1, -0.05) is 43.3 Å². The van der Waals surface area contributed by atoms with E-state index in [0.29, 0.717) is 5.92 Å². The molecular formula is C25H29N5. The number of para-hydroxylation sites is 2. The van der Waals surface area contributed by atoms with Crippen LogP contribution < -0.4 is 10.6 Å². The van der Waals surface area contributed by atoms with Crippen LogP contribution in [0, 0.1) is 5.92 Å². The summed E-state index contributed by atoms with van der Waals surface area (Å²) in [7, 11) is 0. The van der Waals surface area contributed by atoms with Crippen LogP contribution in [0.4, 0.5) is 11.5 Å². The number of pyridine rings is 1. The van der Waals surface area contributed by atoms with Crippen molar-refractivity contribution in [3.63, 3.8) is 0 Å². The number of fused-ring (bicyclic) bond motifs is 3. The van der Waals surface area contributed by atoms with E-state index in [1.54, 1.807) is 0 Å². The van der Waals surface area contributed by atoms with E-state index in [0.717, 1.165) is 55.0 Å². The fraction of sp³-hybridized carbons (Fsp3) is 0.360. The Morgan fingerprint density at radius 2 is 1.80 bits per heavy atom. The summed E-state index contributed by atoms with van der Waals surface area (Å²) >= 11 is 0. The molecule has 5 heteroatoms. The Kier molecular flexibility index (Phi) is 5.37. The Bertz CT molecular complexity index is 1140. The summed E-state index contributed by atoms with van der Waals surface area (Å²) in [6, 6.07) is 18.7. The van der Waals surface area contributed by atoms with E-state index in [4.69, 9.17) is 10.1 Å². The number of nitrogens with zero attached hydrogens (tertiary/aromatic N) is 3. The van der Waals surface area contributed by atoms with Crippen molar-refractivity contribution >= 4 is 33.3 Å². The highest BCUT2D eigenvalue weighted by atomic mass is 15.3. The normalized spacial score (nSPS) is 15.1. The molecule has 3 heterocycles. The minimum Gasteiger partial charge on any atom is -0.338 e. The van der Waals surface area contributed by atoms with Crippen LogP contribution in [0.1, 0.15) is 31.9 Å². The second-order valence-electron chi connectivity index (χ2n) is 8.26. The third-order valence-corrected chi connectivity index (χ3v) is 6.10. The molecule has 0 aliphatic carbocycles. The van der Waals surface area contributed by atoms with Gasteiger partial charge < -0.3 is 10.6 Å². The molecular weight excluding hydrogens is 370 g/mol. The second-order valence-corrected chi connectivity index (χ2v) is 8.26. The van der Waals surface area contributed by atoms with E-state index in [-0.39, 0.29) is 0 Å². The van der Waals surface area contributed by atoms with Crippen molar-refractivity contribution in [2.24, 2.45) is 5.92 Å². The summed E-state index contributed by atoms with van der Waals surface area (Å²) in [5, 5.41) is 14.6. The molecule has 30 heavy (non-hydrogen) atoms. The van der Waals surface area contributed by atoms with Crippen molar-refractivity contribution in [3.8, 4) is 0 Å². The Morgan fingerprint density at radius 1 is 1.03 bits per heavy atom. The molecule has 0 atom stereocenters. The predicted molar refractivity (Wildman–Crippen MR) is 124 cm³/mol. The summed E-state index contributed by atoms with van der Waals surface area (Å²) in [6.45, 7) is 5.40. The SMILES string of the molecule is CCCn1nc2c(Nc3ccccc3)nc3ccccc3c2c1CC1CCNCC1. The zero-order valence-corrected chi connectivity index (χ0v) is 17.6. The highest BCUT2D eigenvalue weighted by molar-refractivity contribution is 6.10. The predicted octanol–water partition coefficient (Wildman–Crippen LogP) is 5.28. The number of hydrogen-bond acceptors (Lipinski definition) is 4. The molecule has 0 spiro atoms. The van der Waals surface area contributed by atoms with Crippen LogP contribution in [0.3, 0.4) is 0 Å². The highest BCUT2D eigenvalue weighted by Crippen LogP contribution is 2.35. The molecule has 1 saturated heterocycles. The van der Waals surface area contributed by atoms with Crippen molar-refractivity contribution in [3.05, 3.63) is 60.3 Å². The molecule has 4 aromatic rings. The van der Waals surface area contributed by atoms with Crippen LogP contribution in [-0.2, 0) is 13.0 Å².